The van der Waals surface area contributed by atoms with Gasteiger partial charge in [-0.15, -0.1) is 0 Å². The van der Waals surface area contributed by atoms with E-state index in [9.17, 15) is 9.59 Å². The summed E-state index contributed by atoms with van der Waals surface area (Å²) in [6.07, 6.45) is 0.368. The van der Waals surface area contributed by atoms with Crippen molar-refractivity contribution in [2.24, 2.45) is 11.8 Å². The number of carbonyl (C=O) groups is 2. The minimum atomic E-state index is -0.393. The van der Waals surface area contributed by atoms with Crippen molar-refractivity contribution in [3.05, 3.63) is 0 Å². The Bertz CT molecular complexity index is 174. The highest BCUT2D eigenvalue weighted by Gasteiger charge is 2.31. The first-order valence-electron chi connectivity index (χ1n) is 3.36. The van der Waals surface area contributed by atoms with Crippen molar-refractivity contribution in [3.8, 4) is 0 Å². The number of ether oxygens (including phenoxy) is 1. The Hall–Kier alpha value is -0.860. The monoisotopic (exact) mass is 142 g/mol. The van der Waals surface area contributed by atoms with Crippen molar-refractivity contribution in [2.45, 2.75) is 20.3 Å². The summed E-state index contributed by atoms with van der Waals surface area (Å²) >= 11 is 0. The molecule has 0 aromatic heterocycles. The van der Waals surface area contributed by atoms with Gasteiger partial charge in [0.25, 0.3) is 0 Å². The lowest BCUT2D eigenvalue weighted by Gasteiger charge is -2.21. The first kappa shape index (κ1) is 7.25. The van der Waals surface area contributed by atoms with Crippen LogP contribution in [0.5, 0.6) is 0 Å². The molecular weight excluding hydrogens is 132 g/mol. The van der Waals surface area contributed by atoms with Crippen molar-refractivity contribution in [1.82, 2.24) is 0 Å². The van der Waals surface area contributed by atoms with Gasteiger partial charge in [0.2, 0.25) is 0 Å². The van der Waals surface area contributed by atoms with Crippen molar-refractivity contribution in [2.75, 3.05) is 0 Å². The topological polar surface area (TPSA) is 43.4 Å². The van der Waals surface area contributed by atoms with Crippen LogP contribution in [0.25, 0.3) is 0 Å². The molecular formula is C7H10O3. The highest BCUT2D eigenvalue weighted by atomic mass is 16.6. The zero-order valence-electron chi connectivity index (χ0n) is 6.09. The number of hydrogen-bond acceptors (Lipinski definition) is 3. The number of carbonyl (C=O) groups excluding carboxylic acids is 2. The van der Waals surface area contributed by atoms with Crippen LogP contribution in [0.4, 0.5) is 0 Å². The molecule has 0 N–H and O–H groups in total. The molecule has 1 rings (SSSR count). The molecule has 0 aromatic carbocycles. The predicted octanol–water partition coefficient (Wildman–Crippen LogP) is 0.732. The van der Waals surface area contributed by atoms with Gasteiger partial charge in [0, 0.05) is 6.42 Å². The van der Waals surface area contributed by atoms with E-state index in [-0.39, 0.29) is 17.8 Å². The van der Waals surface area contributed by atoms with E-state index in [0.29, 0.717) is 6.42 Å². The molecule has 0 amide bonds. The van der Waals surface area contributed by atoms with Gasteiger partial charge >= 0.3 is 11.9 Å². The number of rotatable bonds is 0. The average Bonchev–Trinajstić information content (AvgIpc) is 1.82. The predicted molar refractivity (Wildman–Crippen MR) is 34.0 cm³/mol. The van der Waals surface area contributed by atoms with Crippen molar-refractivity contribution in [1.29, 1.82) is 0 Å². The first-order valence-corrected chi connectivity index (χ1v) is 3.36. The Morgan fingerprint density at radius 1 is 1.40 bits per heavy atom. The van der Waals surface area contributed by atoms with Crippen LogP contribution in [0.15, 0.2) is 0 Å². The van der Waals surface area contributed by atoms with Crippen molar-refractivity contribution in [3.63, 3.8) is 0 Å². The molecule has 2 atom stereocenters. The molecule has 1 aliphatic rings. The molecule has 0 bridgehead atoms. The molecule has 1 fully saturated rings. The molecule has 0 radical (unpaired) electrons. The Morgan fingerprint density at radius 2 is 2.00 bits per heavy atom. The summed E-state index contributed by atoms with van der Waals surface area (Å²) in [5.74, 6) is -0.772. The van der Waals surface area contributed by atoms with E-state index in [2.05, 4.69) is 4.74 Å². The third kappa shape index (κ3) is 1.17. The molecule has 56 valence electrons. The van der Waals surface area contributed by atoms with Crippen LogP contribution in [-0.4, -0.2) is 11.9 Å². The smallest absolute Gasteiger partial charge is 0.316 e. The van der Waals surface area contributed by atoms with E-state index in [1.54, 1.807) is 6.92 Å². The van der Waals surface area contributed by atoms with Crippen LogP contribution >= 0.6 is 0 Å². The first-order chi connectivity index (χ1) is 4.61. The highest BCUT2D eigenvalue weighted by molar-refractivity contribution is 5.89. The van der Waals surface area contributed by atoms with E-state index in [4.69, 9.17) is 0 Å². The van der Waals surface area contributed by atoms with Gasteiger partial charge in [0.1, 0.15) is 0 Å². The fraction of sp³-hybridized carbons (Fsp3) is 0.714. The highest BCUT2D eigenvalue weighted by Crippen LogP contribution is 2.21. The van der Waals surface area contributed by atoms with Gasteiger partial charge in [0.15, 0.2) is 0 Å². The van der Waals surface area contributed by atoms with Gasteiger partial charge in [-0.25, -0.2) is 0 Å². The second kappa shape index (κ2) is 2.40. The van der Waals surface area contributed by atoms with E-state index < -0.39 is 5.97 Å². The maximum Gasteiger partial charge on any atom is 0.316 e. The quantitative estimate of drug-likeness (QED) is 0.370. The summed E-state index contributed by atoms with van der Waals surface area (Å²) in [7, 11) is 0. The molecule has 1 heterocycles. The van der Waals surface area contributed by atoms with Crippen LogP contribution in [0, 0.1) is 11.8 Å². The van der Waals surface area contributed by atoms with Crippen LogP contribution in [-0.2, 0) is 14.3 Å². The number of cyclic esters (lactones) is 2. The Morgan fingerprint density at radius 3 is 2.50 bits per heavy atom. The summed E-state index contributed by atoms with van der Waals surface area (Å²) in [5, 5.41) is 0. The second-order valence-corrected chi connectivity index (χ2v) is 2.76. The number of hydrogen-bond donors (Lipinski definition) is 0. The van der Waals surface area contributed by atoms with E-state index >= 15 is 0 Å². The molecule has 1 aliphatic heterocycles. The van der Waals surface area contributed by atoms with Gasteiger partial charge < -0.3 is 4.74 Å². The zero-order chi connectivity index (χ0) is 7.72. The van der Waals surface area contributed by atoms with Gasteiger partial charge in [-0.1, -0.05) is 13.8 Å². The fourth-order valence-corrected chi connectivity index (χ4v) is 0.919. The summed E-state index contributed by atoms with van der Waals surface area (Å²) in [4.78, 5) is 21.4. The van der Waals surface area contributed by atoms with Gasteiger partial charge in [0.05, 0.1) is 5.92 Å². The molecule has 0 spiro atoms. The molecule has 0 aromatic rings. The number of esters is 2. The Labute approximate surface area is 59.4 Å². The normalized spacial score (nSPS) is 33.8. The summed E-state index contributed by atoms with van der Waals surface area (Å²) in [6, 6.07) is 0. The standard InChI is InChI=1S/C7H10O3/c1-4-3-6(8)10-7(9)5(4)2/h4-5H,3H2,1-2H3/t4-,5-/m1/s1. The minimum absolute atomic E-state index is 0.127. The molecule has 0 unspecified atom stereocenters. The van der Waals surface area contributed by atoms with Gasteiger partial charge in [-0.3, -0.25) is 9.59 Å². The summed E-state index contributed by atoms with van der Waals surface area (Å²) in [6.45, 7) is 3.66. The Balaban J connectivity index is 2.66. The molecule has 1 saturated heterocycles. The summed E-state index contributed by atoms with van der Waals surface area (Å²) < 4.78 is 4.39. The Kier molecular flexibility index (Phi) is 1.74. The van der Waals surface area contributed by atoms with Crippen LogP contribution in [0.1, 0.15) is 20.3 Å². The maximum absolute atomic E-state index is 10.8. The van der Waals surface area contributed by atoms with Crippen molar-refractivity contribution >= 4 is 11.9 Å². The summed E-state index contributed by atoms with van der Waals surface area (Å²) in [5.41, 5.74) is 0. The van der Waals surface area contributed by atoms with E-state index in [1.807, 2.05) is 6.92 Å². The lowest BCUT2D eigenvalue weighted by Crippen LogP contribution is -2.31. The van der Waals surface area contributed by atoms with E-state index in [0.717, 1.165) is 0 Å². The van der Waals surface area contributed by atoms with Crippen LogP contribution in [0.3, 0.4) is 0 Å². The van der Waals surface area contributed by atoms with Gasteiger partial charge in [-0.2, -0.15) is 0 Å². The van der Waals surface area contributed by atoms with Crippen LogP contribution in [0.2, 0.25) is 0 Å². The maximum atomic E-state index is 10.8. The fourth-order valence-electron chi connectivity index (χ4n) is 0.919. The third-order valence-corrected chi connectivity index (χ3v) is 1.93. The van der Waals surface area contributed by atoms with Crippen molar-refractivity contribution < 1.29 is 14.3 Å². The molecule has 0 saturated carbocycles. The lowest BCUT2D eigenvalue weighted by atomic mass is 9.91. The second-order valence-electron chi connectivity index (χ2n) is 2.76. The average molecular weight is 142 g/mol. The SMILES string of the molecule is C[C@@H]1CC(=O)OC(=O)[C@@H]1C. The lowest BCUT2D eigenvalue weighted by molar-refractivity contribution is -0.169. The molecule has 3 heteroatoms. The largest absolute Gasteiger partial charge is 0.393 e. The molecule has 10 heavy (non-hydrogen) atoms. The zero-order valence-corrected chi connectivity index (χ0v) is 6.09. The molecule has 0 aliphatic carbocycles. The molecule has 3 nitrogen and oxygen atoms in total. The van der Waals surface area contributed by atoms with Gasteiger partial charge in [-0.05, 0) is 5.92 Å². The van der Waals surface area contributed by atoms with E-state index in [1.165, 1.54) is 0 Å². The van der Waals surface area contributed by atoms with Crippen LogP contribution < -0.4 is 0 Å². The minimum Gasteiger partial charge on any atom is -0.393 e. The third-order valence-electron chi connectivity index (χ3n) is 1.93.